The second kappa shape index (κ2) is 9.12. The van der Waals surface area contributed by atoms with Gasteiger partial charge in [-0.15, -0.1) is 0 Å². The van der Waals surface area contributed by atoms with Gasteiger partial charge in [-0.05, 0) is 49.9 Å². The Morgan fingerprint density at radius 2 is 1.46 bits per heavy atom. The van der Waals surface area contributed by atoms with Crippen LogP contribution < -0.4 is 4.18 Å². The van der Waals surface area contributed by atoms with Crippen molar-refractivity contribution in [3.8, 4) is 5.75 Å². The number of hydrogen-bond donors (Lipinski definition) is 0. The van der Waals surface area contributed by atoms with E-state index in [1.165, 1.54) is 18.2 Å². The highest BCUT2D eigenvalue weighted by Gasteiger charge is 2.44. The number of carbonyl (C=O) groups is 2. The van der Waals surface area contributed by atoms with E-state index in [1.54, 1.807) is 24.3 Å². The first-order valence-corrected chi connectivity index (χ1v) is 13.6. The molecule has 0 atom stereocenters. The van der Waals surface area contributed by atoms with Crippen molar-refractivity contribution in [2.75, 3.05) is 7.05 Å². The van der Waals surface area contributed by atoms with Crippen LogP contribution in [0.3, 0.4) is 0 Å². The smallest absolute Gasteiger partial charge is 0.339 e. The van der Waals surface area contributed by atoms with E-state index in [4.69, 9.17) is 27.4 Å². The summed E-state index contributed by atoms with van der Waals surface area (Å²) in [6, 6.07) is 10.7. The van der Waals surface area contributed by atoms with Crippen molar-refractivity contribution in [3.63, 3.8) is 0 Å². The minimum atomic E-state index is -4.25. The molecule has 0 spiro atoms. The maximum Gasteiger partial charge on any atom is 0.339 e. The van der Waals surface area contributed by atoms with Crippen molar-refractivity contribution < 1.29 is 22.2 Å². The summed E-state index contributed by atoms with van der Waals surface area (Å²) in [5.74, 6) is -1.05. The normalized spacial score (nSPS) is 19.1. The lowest BCUT2D eigenvalue weighted by Crippen LogP contribution is -2.37. The predicted molar refractivity (Wildman–Crippen MR) is 133 cm³/mol. The van der Waals surface area contributed by atoms with Gasteiger partial charge in [0.15, 0.2) is 17.3 Å². The van der Waals surface area contributed by atoms with Crippen LogP contribution in [0.1, 0.15) is 50.0 Å². The third kappa shape index (κ3) is 4.20. The number of carbonyl (C=O) groups excluding carboxylic acids is 2. The Labute approximate surface area is 214 Å². The Balaban J connectivity index is 1.75. The average molecular weight is 532 g/mol. The average Bonchev–Trinajstić information content (AvgIpc) is 2.83. The van der Waals surface area contributed by atoms with Crippen LogP contribution in [0.15, 0.2) is 69.9 Å². The molecule has 0 N–H and O–H groups in total. The molecular formula is C26H23Cl2NO5S. The molecule has 0 saturated carbocycles. The van der Waals surface area contributed by atoms with Gasteiger partial charge in [-0.3, -0.25) is 9.59 Å². The summed E-state index contributed by atoms with van der Waals surface area (Å²) in [5.41, 5.74) is 3.00. The summed E-state index contributed by atoms with van der Waals surface area (Å²) in [4.78, 5) is 28.5. The van der Waals surface area contributed by atoms with E-state index in [-0.39, 0.29) is 32.3 Å². The highest BCUT2D eigenvalue weighted by molar-refractivity contribution is 7.87. The van der Waals surface area contributed by atoms with Crippen LogP contribution in [0.25, 0.3) is 0 Å². The molecular weight excluding hydrogens is 509 g/mol. The van der Waals surface area contributed by atoms with Gasteiger partial charge in [-0.2, -0.15) is 8.42 Å². The maximum atomic E-state index is 13.3. The summed E-state index contributed by atoms with van der Waals surface area (Å²) in [5, 5.41) is 0.242. The fraction of sp³-hybridized carbons (Fsp3) is 0.308. The predicted octanol–water partition coefficient (Wildman–Crippen LogP) is 5.80. The Hall–Kier alpha value is -2.61. The van der Waals surface area contributed by atoms with Crippen molar-refractivity contribution in [1.29, 1.82) is 0 Å². The fourth-order valence-corrected chi connectivity index (χ4v) is 6.88. The quantitative estimate of drug-likeness (QED) is 0.463. The molecule has 0 bridgehead atoms. The van der Waals surface area contributed by atoms with Crippen LogP contribution in [-0.4, -0.2) is 31.9 Å². The number of nitrogens with zero attached hydrogens (tertiary/aromatic N) is 1. The molecule has 0 radical (unpaired) electrons. The maximum absolute atomic E-state index is 13.3. The van der Waals surface area contributed by atoms with Crippen LogP contribution in [0.5, 0.6) is 5.75 Å². The molecule has 2 aromatic rings. The zero-order valence-corrected chi connectivity index (χ0v) is 21.3. The molecule has 0 saturated heterocycles. The number of benzene rings is 2. The van der Waals surface area contributed by atoms with Crippen LogP contribution in [0.2, 0.25) is 10.0 Å². The standard InChI is InChI=1S/C26H23Cl2NO5S/c1-29-19-9-5-11-21(30)24(19)23(25-20(29)10-6-12-22(25)31)17-13-15(27)14-18(28)26(17)34-35(32,33)16-7-3-2-4-8-16/h2-4,7-8,13-14,23H,5-6,9-12H2,1H3. The van der Waals surface area contributed by atoms with E-state index in [9.17, 15) is 18.0 Å². The number of ketones is 2. The van der Waals surface area contributed by atoms with Crippen LogP contribution in [0, 0.1) is 0 Å². The largest absolute Gasteiger partial charge is 0.377 e. The molecule has 0 unspecified atom stereocenters. The molecule has 0 amide bonds. The third-order valence-electron chi connectivity index (χ3n) is 6.82. The van der Waals surface area contributed by atoms with E-state index in [0.29, 0.717) is 55.2 Å². The molecule has 5 rings (SSSR count). The second-order valence-electron chi connectivity index (χ2n) is 8.92. The topological polar surface area (TPSA) is 80.8 Å². The van der Waals surface area contributed by atoms with E-state index < -0.39 is 16.0 Å². The highest BCUT2D eigenvalue weighted by Crippen LogP contribution is 2.52. The first-order valence-electron chi connectivity index (χ1n) is 11.4. The zero-order valence-electron chi connectivity index (χ0n) is 19.0. The van der Waals surface area contributed by atoms with E-state index >= 15 is 0 Å². The molecule has 0 fully saturated rings. The fourth-order valence-electron chi connectivity index (χ4n) is 5.29. The third-order valence-corrected chi connectivity index (χ3v) is 8.55. The summed E-state index contributed by atoms with van der Waals surface area (Å²) in [6.45, 7) is 0. The number of Topliss-reactive ketones (excluding diaryl/α,β-unsaturated/α-hetero) is 2. The van der Waals surface area contributed by atoms with Gasteiger partial charge >= 0.3 is 10.1 Å². The number of halogens is 2. The Morgan fingerprint density at radius 3 is 2.03 bits per heavy atom. The van der Waals surface area contributed by atoms with Crippen molar-refractivity contribution in [1.82, 2.24) is 4.90 Å². The highest BCUT2D eigenvalue weighted by atomic mass is 35.5. The Morgan fingerprint density at radius 1 is 0.886 bits per heavy atom. The number of hydrogen-bond acceptors (Lipinski definition) is 6. The van der Waals surface area contributed by atoms with Gasteiger partial charge in [0, 0.05) is 58.9 Å². The van der Waals surface area contributed by atoms with E-state index in [1.807, 2.05) is 11.9 Å². The van der Waals surface area contributed by atoms with E-state index in [2.05, 4.69) is 0 Å². The second-order valence-corrected chi connectivity index (χ2v) is 11.3. The van der Waals surface area contributed by atoms with Crippen molar-refractivity contribution >= 4 is 44.9 Å². The van der Waals surface area contributed by atoms with Gasteiger partial charge in [-0.25, -0.2) is 0 Å². The van der Waals surface area contributed by atoms with Crippen molar-refractivity contribution in [3.05, 3.63) is 80.6 Å². The minimum absolute atomic E-state index is 0.0123. The molecule has 0 aromatic heterocycles. The lowest BCUT2D eigenvalue weighted by molar-refractivity contribution is -0.117. The lowest BCUT2D eigenvalue weighted by atomic mass is 9.71. The Bertz CT molecular complexity index is 1370. The summed E-state index contributed by atoms with van der Waals surface area (Å²) >= 11 is 12.9. The van der Waals surface area contributed by atoms with E-state index in [0.717, 1.165) is 11.4 Å². The molecule has 1 heterocycles. The minimum Gasteiger partial charge on any atom is -0.377 e. The monoisotopic (exact) mass is 531 g/mol. The molecule has 6 nitrogen and oxygen atoms in total. The van der Waals surface area contributed by atoms with Crippen LogP contribution >= 0.6 is 23.2 Å². The number of rotatable bonds is 4. The molecule has 3 aliphatic rings. The first-order chi connectivity index (χ1) is 16.7. The molecule has 9 heteroatoms. The summed E-state index contributed by atoms with van der Waals surface area (Å²) < 4.78 is 31.9. The van der Waals surface area contributed by atoms with Crippen molar-refractivity contribution in [2.45, 2.75) is 49.3 Å². The van der Waals surface area contributed by atoms with Gasteiger partial charge in [0.25, 0.3) is 0 Å². The molecule has 35 heavy (non-hydrogen) atoms. The zero-order chi connectivity index (χ0) is 24.9. The SMILES string of the molecule is CN1C2=C(C(=O)CCC2)C(c2cc(Cl)cc(Cl)c2OS(=O)(=O)c2ccccc2)C2=C1CCCC2=O. The van der Waals surface area contributed by atoms with Gasteiger partial charge < -0.3 is 9.08 Å². The first kappa shape index (κ1) is 24.1. The number of allylic oxidation sites excluding steroid dienone is 4. The Kier molecular flexibility index (Phi) is 6.28. The van der Waals surface area contributed by atoms with Gasteiger partial charge in [0.05, 0.1) is 5.02 Å². The molecule has 2 aliphatic carbocycles. The van der Waals surface area contributed by atoms with Gasteiger partial charge in [0.1, 0.15) is 4.90 Å². The van der Waals surface area contributed by atoms with Crippen LogP contribution in [0.4, 0.5) is 0 Å². The van der Waals surface area contributed by atoms with Crippen molar-refractivity contribution in [2.24, 2.45) is 0 Å². The molecule has 1 aliphatic heterocycles. The lowest BCUT2D eigenvalue weighted by Gasteiger charge is -2.42. The molecule has 182 valence electrons. The summed E-state index contributed by atoms with van der Waals surface area (Å²) in [7, 11) is -2.36. The van der Waals surface area contributed by atoms with Gasteiger partial charge in [-0.1, -0.05) is 41.4 Å². The van der Waals surface area contributed by atoms with Crippen LogP contribution in [-0.2, 0) is 19.7 Å². The van der Waals surface area contributed by atoms with Gasteiger partial charge in [0.2, 0.25) is 0 Å². The summed E-state index contributed by atoms with van der Waals surface area (Å²) in [6.07, 6.45) is 3.51. The molecule has 2 aromatic carbocycles.